The molecule has 0 aliphatic carbocycles. The zero-order chi connectivity index (χ0) is 15.7. The number of hydrogen-bond acceptors (Lipinski definition) is 3. The van der Waals surface area contributed by atoms with Crippen molar-refractivity contribution in [3.63, 3.8) is 0 Å². The highest BCUT2D eigenvalue weighted by atomic mass is 79.9. The molecule has 112 valence electrons. The summed E-state index contributed by atoms with van der Waals surface area (Å²) in [7, 11) is 0. The molecule has 0 aliphatic heterocycles. The minimum atomic E-state index is -0.119. The maximum atomic E-state index is 12.8. The fraction of sp³-hybridized carbons (Fsp3) is 0.167. The molecule has 0 radical (unpaired) electrons. The molecule has 3 nitrogen and oxygen atoms in total. The second-order valence-electron chi connectivity index (χ2n) is 5.44. The first-order valence-electron chi connectivity index (χ1n) is 7.14. The SMILES string of the molecule is CC(C)Nc1c(C(=O)c2ccc(Br)cc2)oc2ccccc12. The van der Waals surface area contributed by atoms with Crippen LogP contribution in [0.5, 0.6) is 0 Å². The minimum Gasteiger partial charge on any atom is -0.450 e. The lowest BCUT2D eigenvalue weighted by atomic mass is 10.1. The first-order chi connectivity index (χ1) is 10.6. The number of anilines is 1. The molecule has 0 saturated carbocycles. The summed E-state index contributed by atoms with van der Waals surface area (Å²) < 4.78 is 6.76. The molecule has 0 saturated heterocycles. The average molecular weight is 358 g/mol. The van der Waals surface area contributed by atoms with Crippen LogP contribution >= 0.6 is 15.9 Å². The Morgan fingerprint density at radius 2 is 1.77 bits per heavy atom. The van der Waals surface area contributed by atoms with Gasteiger partial charge in [0, 0.05) is 21.5 Å². The van der Waals surface area contributed by atoms with Crippen molar-refractivity contribution in [3.05, 3.63) is 64.3 Å². The number of nitrogens with one attached hydrogen (secondary N) is 1. The zero-order valence-corrected chi connectivity index (χ0v) is 14.0. The Labute approximate surface area is 137 Å². The van der Waals surface area contributed by atoms with Gasteiger partial charge in [-0.25, -0.2) is 0 Å². The Kier molecular flexibility index (Phi) is 4.03. The van der Waals surface area contributed by atoms with Gasteiger partial charge in [0.1, 0.15) is 5.58 Å². The largest absolute Gasteiger partial charge is 0.450 e. The number of halogens is 1. The van der Waals surface area contributed by atoms with Crippen molar-refractivity contribution in [2.45, 2.75) is 19.9 Å². The quantitative estimate of drug-likeness (QED) is 0.648. The number of carbonyl (C=O) groups is 1. The fourth-order valence-corrected chi connectivity index (χ4v) is 2.63. The van der Waals surface area contributed by atoms with Gasteiger partial charge in [-0.3, -0.25) is 4.79 Å². The Bertz CT molecular complexity index is 819. The Morgan fingerprint density at radius 3 is 2.45 bits per heavy atom. The van der Waals surface area contributed by atoms with Gasteiger partial charge in [-0.2, -0.15) is 0 Å². The van der Waals surface area contributed by atoms with E-state index in [0.29, 0.717) is 16.9 Å². The van der Waals surface area contributed by atoms with Crippen molar-refractivity contribution in [2.75, 3.05) is 5.32 Å². The Morgan fingerprint density at radius 1 is 1.09 bits per heavy atom. The number of fused-ring (bicyclic) bond motifs is 1. The van der Waals surface area contributed by atoms with Crippen LogP contribution in [0.15, 0.2) is 57.4 Å². The van der Waals surface area contributed by atoms with Gasteiger partial charge in [-0.15, -0.1) is 0 Å². The number of carbonyl (C=O) groups excluding carboxylic acids is 1. The molecule has 2 aromatic carbocycles. The summed E-state index contributed by atoms with van der Waals surface area (Å²) in [5.74, 6) is 0.240. The third-order valence-corrected chi connectivity index (χ3v) is 3.87. The highest BCUT2D eigenvalue weighted by Gasteiger charge is 2.22. The van der Waals surface area contributed by atoms with Crippen LogP contribution in [-0.2, 0) is 0 Å². The lowest BCUT2D eigenvalue weighted by Gasteiger charge is -2.10. The van der Waals surface area contributed by atoms with E-state index in [2.05, 4.69) is 21.2 Å². The molecule has 1 aromatic heterocycles. The molecular formula is C18H16BrNO2. The summed E-state index contributed by atoms with van der Waals surface area (Å²) in [6.07, 6.45) is 0. The maximum absolute atomic E-state index is 12.8. The number of hydrogen-bond donors (Lipinski definition) is 1. The third kappa shape index (κ3) is 2.79. The predicted molar refractivity (Wildman–Crippen MR) is 92.5 cm³/mol. The first-order valence-corrected chi connectivity index (χ1v) is 7.94. The van der Waals surface area contributed by atoms with Crippen molar-refractivity contribution in [1.82, 2.24) is 0 Å². The summed E-state index contributed by atoms with van der Waals surface area (Å²) in [5.41, 5.74) is 2.08. The summed E-state index contributed by atoms with van der Waals surface area (Å²) in [6, 6.07) is 15.2. The van der Waals surface area contributed by atoms with E-state index in [-0.39, 0.29) is 11.8 Å². The van der Waals surface area contributed by atoms with E-state index in [1.165, 1.54) is 0 Å². The van der Waals surface area contributed by atoms with Crippen LogP contribution < -0.4 is 5.32 Å². The van der Waals surface area contributed by atoms with E-state index in [4.69, 9.17) is 4.42 Å². The van der Waals surface area contributed by atoms with Gasteiger partial charge in [0.05, 0.1) is 5.69 Å². The summed E-state index contributed by atoms with van der Waals surface area (Å²) >= 11 is 3.38. The van der Waals surface area contributed by atoms with Crippen LogP contribution in [0.4, 0.5) is 5.69 Å². The summed E-state index contributed by atoms with van der Waals surface area (Å²) in [6.45, 7) is 4.07. The molecule has 0 fully saturated rings. The van der Waals surface area contributed by atoms with Crippen molar-refractivity contribution in [1.29, 1.82) is 0 Å². The first kappa shape index (κ1) is 14.9. The third-order valence-electron chi connectivity index (χ3n) is 3.34. The molecule has 0 spiro atoms. The number of para-hydroxylation sites is 1. The van der Waals surface area contributed by atoms with Gasteiger partial charge in [-0.05, 0) is 50.2 Å². The number of rotatable bonds is 4. The molecule has 0 atom stereocenters. The van der Waals surface area contributed by atoms with E-state index < -0.39 is 0 Å². The molecule has 4 heteroatoms. The van der Waals surface area contributed by atoms with Crippen molar-refractivity contribution < 1.29 is 9.21 Å². The van der Waals surface area contributed by atoms with Crippen LogP contribution in [0.1, 0.15) is 30.0 Å². The van der Waals surface area contributed by atoms with Crippen LogP contribution in [0.25, 0.3) is 11.0 Å². The van der Waals surface area contributed by atoms with Gasteiger partial charge in [-0.1, -0.05) is 28.1 Å². The minimum absolute atomic E-state index is 0.119. The summed E-state index contributed by atoms with van der Waals surface area (Å²) in [5, 5.41) is 4.26. The highest BCUT2D eigenvalue weighted by molar-refractivity contribution is 9.10. The van der Waals surface area contributed by atoms with E-state index in [9.17, 15) is 4.79 Å². The van der Waals surface area contributed by atoms with Gasteiger partial charge in [0.25, 0.3) is 0 Å². The van der Waals surface area contributed by atoms with E-state index >= 15 is 0 Å². The summed E-state index contributed by atoms with van der Waals surface area (Å²) in [4.78, 5) is 12.8. The number of furan rings is 1. The standard InChI is InChI=1S/C18H16BrNO2/c1-11(2)20-16-14-5-3-4-6-15(14)22-18(16)17(21)12-7-9-13(19)10-8-12/h3-11,20H,1-2H3. The van der Waals surface area contributed by atoms with E-state index in [0.717, 1.165) is 15.5 Å². The molecule has 0 bridgehead atoms. The van der Waals surface area contributed by atoms with Gasteiger partial charge in [0.15, 0.2) is 5.76 Å². The van der Waals surface area contributed by atoms with Crippen LogP contribution in [0, 0.1) is 0 Å². The molecule has 0 amide bonds. The van der Waals surface area contributed by atoms with Crippen LogP contribution in [0.3, 0.4) is 0 Å². The predicted octanol–water partition coefficient (Wildman–Crippen LogP) is 5.25. The monoisotopic (exact) mass is 357 g/mol. The Balaban J connectivity index is 2.12. The lowest BCUT2D eigenvalue weighted by molar-refractivity contribution is 0.101. The topological polar surface area (TPSA) is 42.2 Å². The number of benzene rings is 2. The molecule has 0 aliphatic rings. The molecule has 0 unspecified atom stereocenters. The van der Waals surface area contributed by atoms with Gasteiger partial charge < -0.3 is 9.73 Å². The van der Waals surface area contributed by atoms with E-state index in [1.807, 2.05) is 50.2 Å². The maximum Gasteiger partial charge on any atom is 0.230 e. The van der Waals surface area contributed by atoms with Crippen molar-refractivity contribution in [3.8, 4) is 0 Å². The molecule has 1 heterocycles. The zero-order valence-electron chi connectivity index (χ0n) is 12.4. The normalized spacial score (nSPS) is 11.1. The smallest absolute Gasteiger partial charge is 0.230 e. The highest BCUT2D eigenvalue weighted by Crippen LogP contribution is 2.33. The second kappa shape index (κ2) is 5.97. The molecule has 3 rings (SSSR count). The van der Waals surface area contributed by atoms with Crippen molar-refractivity contribution in [2.24, 2.45) is 0 Å². The van der Waals surface area contributed by atoms with Gasteiger partial charge >= 0.3 is 0 Å². The lowest BCUT2D eigenvalue weighted by Crippen LogP contribution is -2.12. The molecular weight excluding hydrogens is 342 g/mol. The van der Waals surface area contributed by atoms with Crippen molar-refractivity contribution >= 4 is 38.4 Å². The molecule has 22 heavy (non-hydrogen) atoms. The Hall–Kier alpha value is -2.07. The van der Waals surface area contributed by atoms with E-state index in [1.54, 1.807) is 12.1 Å². The molecule has 3 aromatic rings. The fourth-order valence-electron chi connectivity index (χ4n) is 2.37. The number of ketones is 1. The molecule has 1 N–H and O–H groups in total. The second-order valence-corrected chi connectivity index (χ2v) is 6.35. The van der Waals surface area contributed by atoms with Gasteiger partial charge in [0.2, 0.25) is 5.78 Å². The average Bonchev–Trinajstić information content (AvgIpc) is 2.86. The van der Waals surface area contributed by atoms with Crippen LogP contribution in [0.2, 0.25) is 0 Å². The van der Waals surface area contributed by atoms with Crippen LogP contribution in [-0.4, -0.2) is 11.8 Å².